The van der Waals surface area contributed by atoms with Crippen LogP contribution >= 0.6 is 0 Å². The number of nitrogens with one attached hydrogen (secondary N) is 2. The van der Waals surface area contributed by atoms with Crippen molar-refractivity contribution in [3.8, 4) is 11.3 Å². The number of H-pyrrole nitrogens is 1. The van der Waals surface area contributed by atoms with Crippen LogP contribution in [-0.4, -0.2) is 25.7 Å². The first-order valence-electron chi connectivity index (χ1n) is 9.78. The predicted molar refractivity (Wildman–Crippen MR) is 109 cm³/mol. The number of carbonyl (C=O) groups excluding carboxylic acids is 1. The topological polar surface area (TPSA) is 75.6 Å². The summed E-state index contributed by atoms with van der Waals surface area (Å²) < 4.78 is 29.0. The van der Waals surface area contributed by atoms with Gasteiger partial charge in [-0.25, -0.2) is 13.8 Å². The van der Waals surface area contributed by atoms with Gasteiger partial charge in [-0.1, -0.05) is 6.42 Å². The standard InChI is InChI=1S/C22H19F2N5O/c1-29-11-16(20(28-29)15-7-5-13(23)9-17(15)24)22(30)25-14-6-8-18-19(10-14)27-21(26-18)12-3-2-4-12/h5-12H,2-4H2,1H3,(H,25,30)(H,26,27). The van der Waals surface area contributed by atoms with E-state index in [-0.39, 0.29) is 16.8 Å². The lowest BCUT2D eigenvalue weighted by molar-refractivity contribution is 0.102. The van der Waals surface area contributed by atoms with E-state index >= 15 is 0 Å². The van der Waals surface area contributed by atoms with E-state index < -0.39 is 17.5 Å². The molecular formula is C22H19F2N5O. The molecule has 0 saturated heterocycles. The number of aryl methyl sites for hydroxylation is 1. The van der Waals surface area contributed by atoms with Crippen molar-refractivity contribution in [1.82, 2.24) is 19.7 Å². The van der Waals surface area contributed by atoms with Gasteiger partial charge in [-0.2, -0.15) is 5.10 Å². The molecule has 8 heteroatoms. The average Bonchev–Trinajstić information content (AvgIpc) is 3.23. The second-order valence-electron chi connectivity index (χ2n) is 7.63. The molecule has 1 aliphatic carbocycles. The van der Waals surface area contributed by atoms with Gasteiger partial charge in [-0.05, 0) is 43.2 Å². The fourth-order valence-electron chi connectivity index (χ4n) is 3.72. The maximum Gasteiger partial charge on any atom is 0.259 e. The van der Waals surface area contributed by atoms with Crippen LogP contribution in [-0.2, 0) is 7.05 Å². The third kappa shape index (κ3) is 3.24. The molecule has 1 amide bonds. The van der Waals surface area contributed by atoms with E-state index in [9.17, 15) is 13.6 Å². The summed E-state index contributed by atoms with van der Waals surface area (Å²) in [7, 11) is 1.64. The Balaban J connectivity index is 1.44. The van der Waals surface area contributed by atoms with Crippen LogP contribution in [0.25, 0.3) is 22.3 Å². The van der Waals surface area contributed by atoms with Crippen molar-refractivity contribution < 1.29 is 13.6 Å². The number of benzene rings is 2. The number of amides is 1. The molecule has 0 radical (unpaired) electrons. The molecule has 6 nitrogen and oxygen atoms in total. The minimum absolute atomic E-state index is 0.0660. The molecule has 1 saturated carbocycles. The normalized spacial score (nSPS) is 14.1. The molecule has 2 N–H and O–H groups in total. The summed E-state index contributed by atoms with van der Waals surface area (Å²) >= 11 is 0. The number of nitrogens with zero attached hydrogens (tertiary/aromatic N) is 3. The van der Waals surface area contributed by atoms with Crippen molar-refractivity contribution in [3.63, 3.8) is 0 Å². The van der Waals surface area contributed by atoms with Crippen LogP contribution in [0.4, 0.5) is 14.5 Å². The summed E-state index contributed by atoms with van der Waals surface area (Å²) in [6.45, 7) is 0. The van der Waals surface area contributed by atoms with Gasteiger partial charge in [-0.3, -0.25) is 9.48 Å². The second-order valence-corrected chi connectivity index (χ2v) is 7.63. The number of imidazole rings is 1. The predicted octanol–water partition coefficient (Wildman–Crippen LogP) is 4.76. The van der Waals surface area contributed by atoms with Gasteiger partial charge in [0, 0.05) is 36.5 Å². The van der Waals surface area contributed by atoms with E-state index in [0.717, 1.165) is 41.8 Å². The molecule has 2 aromatic heterocycles. The first kappa shape index (κ1) is 18.5. The zero-order chi connectivity index (χ0) is 20.8. The molecule has 4 aromatic rings. The highest BCUT2D eigenvalue weighted by atomic mass is 19.1. The van der Waals surface area contributed by atoms with E-state index in [1.807, 2.05) is 12.1 Å². The van der Waals surface area contributed by atoms with Gasteiger partial charge in [0.05, 0.1) is 16.6 Å². The molecule has 2 aromatic carbocycles. The zero-order valence-corrected chi connectivity index (χ0v) is 16.2. The maximum absolute atomic E-state index is 14.3. The van der Waals surface area contributed by atoms with Crippen molar-refractivity contribution >= 4 is 22.6 Å². The van der Waals surface area contributed by atoms with Gasteiger partial charge in [0.15, 0.2) is 0 Å². The van der Waals surface area contributed by atoms with Crippen LogP contribution in [0.15, 0.2) is 42.6 Å². The molecular weight excluding hydrogens is 388 g/mol. The quantitative estimate of drug-likeness (QED) is 0.512. The Hall–Kier alpha value is -3.55. The highest BCUT2D eigenvalue weighted by molar-refractivity contribution is 6.08. The minimum Gasteiger partial charge on any atom is -0.342 e. The van der Waals surface area contributed by atoms with Gasteiger partial charge in [0.2, 0.25) is 0 Å². The van der Waals surface area contributed by atoms with Crippen LogP contribution < -0.4 is 5.32 Å². The summed E-state index contributed by atoms with van der Waals surface area (Å²) in [5, 5.41) is 7.03. The molecule has 0 spiro atoms. The molecule has 0 bridgehead atoms. The van der Waals surface area contributed by atoms with Gasteiger partial charge >= 0.3 is 0 Å². The first-order valence-corrected chi connectivity index (χ1v) is 9.78. The smallest absolute Gasteiger partial charge is 0.259 e. The van der Waals surface area contributed by atoms with Crippen molar-refractivity contribution in [2.75, 3.05) is 5.32 Å². The number of fused-ring (bicyclic) bond motifs is 1. The summed E-state index contributed by atoms with van der Waals surface area (Å²) in [6.07, 6.45) is 5.03. The van der Waals surface area contributed by atoms with Crippen LogP contribution in [0.2, 0.25) is 0 Å². The van der Waals surface area contributed by atoms with Gasteiger partial charge in [0.25, 0.3) is 5.91 Å². The van der Waals surface area contributed by atoms with E-state index in [0.29, 0.717) is 11.6 Å². The van der Waals surface area contributed by atoms with Gasteiger partial charge in [0.1, 0.15) is 23.2 Å². The number of aromatic nitrogens is 4. The van der Waals surface area contributed by atoms with E-state index in [1.54, 1.807) is 13.1 Å². The number of anilines is 1. The van der Waals surface area contributed by atoms with Crippen LogP contribution in [0.1, 0.15) is 41.4 Å². The van der Waals surface area contributed by atoms with E-state index in [2.05, 4.69) is 20.4 Å². The Labute approximate surface area is 170 Å². The summed E-state index contributed by atoms with van der Waals surface area (Å²) in [4.78, 5) is 20.9. The highest BCUT2D eigenvalue weighted by Crippen LogP contribution is 2.35. The Bertz CT molecular complexity index is 1270. The van der Waals surface area contributed by atoms with Crippen molar-refractivity contribution in [2.24, 2.45) is 7.05 Å². The Morgan fingerprint density at radius 3 is 2.77 bits per heavy atom. The fraction of sp³-hybridized carbons (Fsp3) is 0.227. The number of carbonyl (C=O) groups is 1. The largest absolute Gasteiger partial charge is 0.342 e. The maximum atomic E-state index is 14.3. The first-order chi connectivity index (χ1) is 14.5. The third-order valence-electron chi connectivity index (χ3n) is 5.51. The summed E-state index contributed by atoms with van der Waals surface area (Å²) in [6, 6.07) is 8.66. The summed E-state index contributed by atoms with van der Waals surface area (Å²) in [5.74, 6) is -0.419. The molecule has 30 heavy (non-hydrogen) atoms. The molecule has 0 aliphatic heterocycles. The van der Waals surface area contributed by atoms with Gasteiger partial charge in [-0.15, -0.1) is 0 Å². The second kappa shape index (κ2) is 7.05. The summed E-state index contributed by atoms with van der Waals surface area (Å²) in [5.41, 5.74) is 2.71. The van der Waals surface area contributed by atoms with Gasteiger partial charge < -0.3 is 10.3 Å². The third-order valence-corrected chi connectivity index (χ3v) is 5.51. The van der Waals surface area contributed by atoms with Crippen molar-refractivity contribution in [2.45, 2.75) is 25.2 Å². The lowest BCUT2D eigenvalue weighted by Gasteiger charge is -2.22. The number of hydrogen-bond acceptors (Lipinski definition) is 3. The number of aromatic amines is 1. The number of hydrogen-bond donors (Lipinski definition) is 2. The molecule has 0 atom stereocenters. The number of rotatable bonds is 4. The van der Waals surface area contributed by atoms with E-state index in [4.69, 9.17) is 0 Å². The lowest BCUT2D eigenvalue weighted by atomic mass is 9.85. The molecule has 2 heterocycles. The highest BCUT2D eigenvalue weighted by Gasteiger charge is 2.23. The monoisotopic (exact) mass is 407 g/mol. The van der Waals surface area contributed by atoms with Crippen LogP contribution in [0, 0.1) is 11.6 Å². The van der Waals surface area contributed by atoms with Crippen LogP contribution in [0.3, 0.4) is 0 Å². The molecule has 152 valence electrons. The average molecular weight is 407 g/mol. The van der Waals surface area contributed by atoms with Crippen LogP contribution in [0.5, 0.6) is 0 Å². The minimum atomic E-state index is -0.773. The Morgan fingerprint density at radius 1 is 1.20 bits per heavy atom. The Kier molecular flexibility index (Phi) is 4.34. The van der Waals surface area contributed by atoms with E-state index in [1.165, 1.54) is 23.4 Å². The molecule has 5 rings (SSSR count). The zero-order valence-electron chi connectivity index (χ0n) is 16.2. The fourth-order valence-corrected chi connectivity index (χ4v) is 3.72. The van der Waals surface area contributed by atoms with Crippen molar-refractivity contribution in [3.05, 3.63) is 65.6 Å². The molecule has 0 unspecified atom stereocenters. The van der Waals surface area contributed by atoms with Crippen molar-refractivity contribution in [1.29, 1.82) is 0 Å². The lowest BCUT2D eigenvalue weighted by Crippen LogP contribution is -2.12. The SMILES string of the molecule is Cn1cc(C(=O)Nc2ccc3nc(C4CCC4)[nH]c3c2)c(-c2ccc(F)cc2F)n1. The number of halogens is 2. The Morgan fingerprint density at radius 2 is 2.03 bits per heavy atom. The molecule has 1 fully saturated rings. The molecule has 1 aliphatic rings.